The van der Waals surface area contributed by atoms with Crippen molar-refractivity contribution in [2.24, 2.45) is 5.73 Å². The smallest absolute Gasteiger partial charge is 0.0818 e. The van der Waals surface area contributed by atoms with Crippen molar-refractivity contribution < 1.29 is 4.74 Å². The molecule has 2 N–H and O–H groups in total. The molecule has 0 bridgehead atoms. The van der Waals surface area contributed by atoms with Crippen LogP contribution in [0.4, 0.5) is 0 Å². The Morgan fingerprint density at radius 2 is 2.10 bits per heavy atom. The molecule has 0 aliphatic carbocycles. The van der Waals surface area contributed by atoms with E-state index in [2.05, 4.69) is 17.2 Å². The first-order chi connectivity index (χ1) is 9.76. The van der Waals surface area contributed by atoms with Crippen LogP contribution in [0.25, 0.3) is 0 Å². The van der Waals surface area contributed by atoms with Gasteiger partial charge in [-0.05, 0) is 18.5 Å². The first kappa shape index (κ1) is 15.0. The molecule has 1 unspecified atom stereocenters. The van der Waals surface area contributed by atoms with Crippen molar-refractivity contribution in [3.8, 4) is 0 Å². The normalized spacial score (nSPS) is 12.6. The zero-order valence-corrected chi connectivity index (χ0v) is 12.4. The molecule has 0 fully saturated rings. The number of nitrogens with zero attached hydrogens (tertiary/aromatic N) is 2. The third kappa shape index (κ3) is 3.60. The summed E-state index contributed by atoms with van der Waals surface area (Å²) >= 11 is 6.25. The summed E-state index contributed by atoms with van der Waals surface area (Å²) in [6.45, 7) is 1.89. The molecule has 20 heavy (non-hydrogen) atoms. The Balaban J connectivity index is 2.17. The van der Waals surface area contributed by atoms with Gasteiger partial charge in [0.15, 0.2) is 0 Å². The first-order valence-electron chi connectivity index (χ1n) is 6.70. The van der Waals surface area contributed by atoms with E-state index in [9.17, 15) is 0 Å². The Hall–Kier alpha value is -1.36. The highest BCUT2D eigenvalue weighted by molar-refractivity contribution is 6.31. The van der Waals surface area contributed by atoms with Crippen LogP contribution in [0, 0.1) is 0 Å². The Morgan fingerprint density at radius 3 is 2.75 bits per heavy atom. The van der Waals surface area contributed by atoms with Crippen molar-refractivity contribution in [1.82, 2.24) is 9.78 Å². The molecule has 1 aromatic carbocycles. The molecule has 2 aromatic rings. The number of rotatable bonds is 7. The van der Waals surface area contributed by atoms with Gasteiger partial charge >= 0.3 is 0 Å². The number of halogens is 1. The predicted octanol–water partition coefficient (Wildman–Crippen LogP) is 2.47. The fourth-order valence-electron chi connectivity index (χ4n) is 2.26. The number of ether oxygens (including phenoxy) is 1. The van der Waals surface area contributed by atoms with Crippen LogP contribution < -0.4 is 5.73 Å². The summed E-state index contributed by atoms with van der Waals surface area (Å²) in [5.41, 5.74) is 8.17. The summed E-state index contributed by atoms with van der Waals surface area (Å²) < 4.78 is 7.00. The molecule has 0 amide bonds. The van der Waals surface area contributed by atoms with Crippen molar-refractivity contribution in [3.05, 3.63) is 52.8 Å². The number of nitrogens with two attached hydrogens (primary N) is 1. The fraction of sp³-hybridized carbons (Fsp3) is 0.400. The Morgan fingerprint density at radius 1 is 1.35 bits per heavy atom. The van der Waals surface area contributed by atoms with Crippen LogP contribution in [0.2, 0.25) is 5.02 Å². The number of aromatic nitrogens is 2. The first-order valence-corrected chi connectivity index (χ1v) is 7.08. The number of hydrogen-bond acceptors (Lipinski definition) is 3. The maximum absolute atomic E-state index is 6.25. The van der Waals surface area contributed by atoms with Gasteiger partial charge in [0, 0.05) is 13.0 Å². The van der Waals surface area contributed by atoms with Crippen LogP contribution in [0.5, 0.6) is 0 Å². The molecular formula is C15H20ClN3O. The quantitative estimate of drug-likeness (QED) is 0.853. The Kier molecular flexibility index (Phi) is 5.59. The van der Waals surface area contributed by atoms with E-state index in [1.807, 2.05) is 22.9 Å². The molecule has 0 spiro atoms. The van der Waals surface area contributed by atoms with Crippen molar-refractivity contribution >= 4 is 11.6 Å². The van der Waals surface area contributed by atoms with Crippen molar-refractivity contribution in [2.75, 3.05) is 20.3 Å². The van der Waals surface area contributed by atoms with E-state index in [0.717, 1.165) is 12.1 Å². The number of methoxy groups -OCH3 is 1. The molecule has 108 valence electrons. The average Bonchev–Trinajstić information content (AvgIpc) is 2.84. The highest BCUT2D eigenvalue weighted by Gasteiger charge is 2.16. The fourth-order valence-corrected chi connectivity index (χ4v) is 2.48. The van der Waals surface area contributed by atoms with Crippen LogP contribution in [0.1, 0.15) is 17.2 Å². The maximum atomic E-state index is 6.25. The molecule has 0 saturated heterocycles. The molecule has 1 heterocycles. The van der Waals surface area contributed by atoms with E-state index in [1.54, 1.807) is 13.3 Å². The van der Waals surface area contributed by atoms with Gasteiger partial charge in [-0.2, -0.15) is 5.10 Å². The molecule has 0 radical (unpaired) electrons. The van der Waals surface area contributed by atoms with E-state index in [0.29, 0.717) is 24.7 Å². The van der Waals surface area contributed by atoms with Crippen molar-refractivity contribution in [3.63, 3.8) is 0 Å². The lowest BCUT2D eigenvalue weighted by molar-refractivity contribution is 0.182. The summed E-state index contributed by atoms with van der Waals surface area (Å²) in [4.78, 5) is 0. The molecule has 0 aliphatic heterocycles. The van der Waals surface area contributed by atoms with E-state index >= 15 is 0 Å². The zero-order valence-electron chi connectivity index (χ0n) is 11.6. The van der Waals surface area contributed by atoms with Crippen LogP contribution in [0.15, 0.2) is 36.5 Å². The number of hydrogen-bond donors (Lipinski definition) is 1. The minimum atomic E-state index is 0.242. The Labute approximate surface area is 124 Å². The van der Waals surface area contributed by atoms with Gasteiger partial charge in [0.1, 0.15) is 0 Å². The summed E-state index contributed by atoms with van der Waals surface area (Å²) in [6.07, 6.45) is 2.47. The van der Waals surface area contributed by atoms with Crippen molar-refractivity contribution in [1.29, 1.82) is 0 Å². The number of benzene rings is 1. The lowest BCUT2D eigenvalue weighted by atomic mass is 9.94. The highest BCUT2D eigenvalue weighted by Crippen LogP contribution is 2.24. The molecule has 2 rings (SSSR count). The van der Waals surface area contributed by atoms with Gasteiger partial charge in [0.05, 0.1) is 30.1 Å². The van der Waals surface area contributed by atoms with E-state index in [4.69, 9.17) is 22.1 Å². The van der Waals surface area contributed by atoms with Crippen LogP contribution in [-0.2, 0) is 17.7 Å². The van der Waals surface area contributed by atoms with Gasteiger partial charge in [-0.3, -0.25) is 4.68 Å². The standard InChI is InChI=1S/C15H20ClN3O/c1-20-8-7-19-15(14(16)11-18-19)9-13(10-17)12-5-3-2-4-6-12/h2-6,11,13H,7-10,17H2,1H3. The van der Waals surface area contributed by atoms with E-state index in [-0.39, 0.29) is 5.92 Å². The second-order valence-electron chi connectivity index (χ2n) is 4.70. The molecule has 5 heteroatoms. The topological polar surface area (TPSA) is 53.1 Å². The average molecular weight is 294 g/mol. The third-order valence-corrected chi connectivity index (χ3v) is 3.72. The summed E-state index contributed by atoms with van der Waals surface area (Å²) in [7, 11) is 1.68. The van der Waals surface area contributed by atoms with Gasteiger partial charge < -0.3 is 10.5 Å². The van der Waals surface area contributed by atoms with Gasteiger partial charge in [0.2, 0.25) is 0 Å². The second-order valence-corrected chi connectivity index (χ2v) is 5.11. The summed E-state index contributed by atoms with van der Waals surface area (Å²) in [5.74, 6) is 0.242. The van der Waals surface area contributed by atoms with Crippen molar-refractivity contribution in [2.45, 2.75) is 18.9 Å². The summed E-state index contributed by atoms with van der Waals surface area (Å²) in [6, 6.07) is 10.3. The monoisotopic (exact) mass is 293 g/mol. The minimum absolute atomic E-state index is 0.242. The van der Waals surface area contributed by atoms with Gasteiger partial charge in [-0.1, -0.05) is 41.9 Å². The molecule has 4 nitrogen and oxygen atoms in total. The Bertz CT molecular complexity index is 527. The maximum Gasteiger partial charge on any atom is 0.0818 e. The molecule has 1 aromatic heterocycles. The lowest BCUT2D eigenvalue weighted by Crippen LogP contribution is -2.18. The van der Waals surface area contributed by atoms with Gasteiger partial charge in [-0.15, -0.1) is 0 Å². The molecule has 1 atom stereocenters. The van der Waals surface area contributed by atoms with E-state index < -0.39 is 0 Å². The lowest BCUT2D eigenvalue weighted by Gasteiger charge is -2.16. The van der Waals surface area contributed by atoms with E-state index in [1.165, 1.54) is 5.56 Å². The minimum Gasteiger partial charge on any atom is -0.383 e. The largest absolute Gasteiger partial charge is 0.383 e. The second kappa shape index (κ2) is 7.43. The van der Waals surface area contributed by atoms with Gasteiger partial charge in [-0.25, -0.2) is 0 Å². The zero-order chi connectivity index (χ0) is 14.4. The van der Waals surface area contributed by atoms with Gasteiger partial charge in [0.25, 0.3) is 0 Å². The SMILES string of the molecule is COCCn1ncc(Cl)c1CC(CN)c1ccccc1. The van der Waals surface area contributed by atoms with Crippen LogP contribution in [-0.4, -0.2) is 30.0 Å². The highest BCUT2D eigenvalue weighted by atomic mass is 35.5. The molecule has 0 saturated carbocycles. The molecule has 0 aliphatic rings. The van der Waals surface area contributed by atoms with Crippen LogP contribution in [0.3, 0.4) is 0 Å². The summed E-state index contributed by atoms with van der Waals surface area (Å²) in [5, 5.41) is 4.99. The third-order valence-electron chi connectivity index (χ3n) is 3.40. The predicted molar refractivity (Wildman–Crippen MR) is 81.1 cm³/mol. The molecular weight excluding hydrogens is 274 g/mol. The van der Waals surface area contributed by atoms with Crippen LogP contribution >= 0.6 is 11.6 Å².